The van der Waals surface area contributed by atoms with Crippen molar-refractivity contribution < 1.29 is 29.2 Å². The van der Waals surface area contributed by atoms with Gasteiger partial charge in [0.15, 0.2) is 0 Å². The molecule has 130 valence electrons. The van der Waals surface area contributed by atoms with E-state index in [9.17, 15) is 0 Å². The van der Waals surface area contributed by atoms with Gasteiger partial charge in [-0.15, -0.1) is 0 Å². The van der Waals surface area contributed by atoms with E-state index < -0.39 is 6.10 Å². The topological polar surface area (TPSA) is 77.4 Å². The molecular formula is C15H34O6. The van der Waals surface area contributed by atoms with E-state index in [1.807, 2.05) is 20.8 Å². The van der Waals surface area contributed by atoms with Gasteiger partial charge in [0, 0.05) is 13.7 Å². The van der Waals surface area contributed by atoms with Gasteiger partial charge in [-0.3, -0.25) is 0 Å². The Balaban J connectivity index is 0. The third kappa shape index (κ3) is 19.8. The van der Waals surface area contributed by atoms with Crippen molar-refractivity contribution >= 4 is 0 Å². The maximum Gasteiger partial charge on any atom is 0.0781 e. The standard InChI is InChI=1S/C12H26O5.C3H8O/c1-9(14)6-15-11(3)8-17-12(4)7-16-10(2)5-13;1-3-4-2/h9-14H,5-8H2,1-4H3;3H2,1-2H3. The van der Waals surface area contributed by atoms with Crippen LogP contribution >= 0.6 is 0 Å². The van der Waals surface area contributed by atoms with E-state index >= 15 is 0 Å². The summed E-state index contributed by atoms with van der Waals surface area (Å²) in [6, 6.07) is 0. The monoisotopic (exact) mass is 310 g/mol. The minimum absolute atomic E-state index is 0.0145. The van der Waals surface area contributed by atoms with Gasteiger partial charge in [0.05, 0.1) is 50.8 Å². The first kappa shape index (κ1) is 23.0. The van der Waals surface area contributed by atoms with Crippen LogP contribution in [0.15, 0.2) is 0 Å². The summed E-state index contributed by atoms with van der Waals surface area (Å²) in [7, 11) is 1.68. The molecule has 0 bridgehead atoms. The summed E-state index contributed by atoms with van der Waals surface area (Å²) in [6.07, 6.45) is -0.711. The molecule has 0 spiro atoms. The molecule has 0 heterocycles. The Morgan fingerprint density at radius 1 is 0.810 bits per heavy atom. The van der Waals surface area contributed by atoms with Gasteiger partial charge in [0.2, 0.25) is 0 Å². The number of rotatable bonds is 11. The van der Waals surface area contributed by atoms with E-state index in [0.717, 1.165) is 6.61 Å². The smallest absolute Gasteiger partial charge is 0.0781 e. The number of hydrogen-bond acceptors (Lipinski definition) is 6. The molecule has 0 fully saturated rings. The molecule has 0 radical (unpaired) electrons. The Kier molecular flexibility index (Phi) is 17.7. The van der Waals surface area contributed by atoms with Gasteiger partial charge in [0.25, 0.3) is 0 Å². The van der Waals surface area contributed by atoms with Gasteiger partial charge in [-0.1, -0.05) is 0 Å². The molecule has 0 aliphatic rings. The highest BCUT2D eigenvalue weighted by Gasteiger charge is 2.09. The van der Waals surface area contributed by atoms with Crippen LogP contribution in [0.25, 0.3) is 0 Å². The fraction of sp³-hybridized carbons (Fsp3) is 1.00. The SMILES string of the molecule is CC(O)COC(C)COC(C)COC(C)CO.CCOC. The van der Waals surface area contributed by atoms with E-state index in [-0.39, 0.29) is 24.9 Å². The van der Waals surface area contributed by atoms with Gasteiger partial charge >= 0.3 is 0 Å². The molecule has 0 aromatic heterocycles. The molecule has 0 aliphatic carbocycles. The maximum atomic E-state index is 9.04. The van der Waals surface area contributed by atoms with Crippen LogP contribution < -0.4 is 0 Å². The Hall–Kier alpha value is -0.240. The van der Waals surface area contributed by atoms with E-state index in [0.29, 0.717) is 19.8 Å². The zero-order valence-electron chi connectivity index (χ0n) is 14.4. The molecule has 6 heteroatoms. The van der Waals surface area contributed by atoms with Crippen LogP contribution in [-0.2, 0) is 18.9 Å². The van der Waals surface area contributed by atoms with Gasteiger partial charge < -0.3 is 29.2 Å². The Labute approximate surface area is 129 Å². The number of ether oxygens (including phenoxy) is 4. The molecule has 2 N–H and O–H groups in total. The molecule has 6 nitrogen and oxygen atoms in total. The lowest BCUT2D eigenvalue weighted by Crippen LogP contribution is -2.27. The first-order valence-electron chi connectivity index (χ1n) is 7.49. The van der Waals surface area contributed by atoms with Crippen LogP contribution in [0.4, 0.5) is 0 Å². The number of aliphatic hydroxyl groups is 2. The lowest BCUT2D eigenvalue weighted by atomic mass is 10.3. The highest BCUT2D eigenvalue weighted by atomic mass is 16.6. The average Bonchev–Trinajstić information content (AvgIpc) is 2.48. The maximum absolute atomic E-state index is 9.04. The Morgan fingerprint density at radius 3 is 1.52 bits per heavy atom. The molecule has 4 unspecified atom stereocenters. The van der Waals surface area contributed by atoms with Crippen LogP contribution in [-0.4, -0.2) is 74.8 Å². The van der Waals surface area contributed by atoms with Gasteiger partial charge in [-0.2, -0.15) is 0 Å². The molecule has 0 rings (SSSR count). The summed E-state index contributed by atoms with van der Waals surface area (Å²) in [6.45, 7) is 11.3. The lowest BCUT2D eigenvalue weighted by Gasteiger charge is -2.19. The molecule has 0 aliphatic heterocycles. The summed E-state index contributed by atoms with van der Waals surface area (Å²) in [5.74, 6) is 0. The lowest BCUT2D eigenvalue weighted by molar-refractivity contribution is -0.0825. The second kappa shape index (κ2) is 16.1. The van der Waals surface area contributed by atoms with Crippen molar-refractivity contribution in [2.75, 3.05) is 40.1 Å². The zero-order valence-corrected chi connectivity index (χ0v) is 14.4. The summed E-state index contributed by atoms with van der Waals surface area (Å²) < 4.78 is 20.7. The zero-order chi connectivity index (χ0) is 16.7. The van der Waals surface area contributed by atoms with Crippen molar-refractivity contribution in [3.05, 3.63) is 0 Å². The van der Waals surface area contributed by atoms with Gasteiger partial charge in [-0.25, -0.2) is 0 Å². The van der Waals surface area contributed by atoms with E-state index in [1.54, 1.807) is 21.0 Å². The molecule has 0 saturated carbocycles. The first-order valence-corrected chi connectivity index (χ1v) is 7.49. The van der Waals surface area contributed by atoms with Crippen molar-refractivity contribution in [3.8, 4) is 0 Å². The fourth-order valence-corrected chi connectivity index (χ4v) is 1.05. The summed E-state index contributed by atoms with van der Waals surface area (Å²) in [5, 5.41) is 17.8. The van der Waals surface area contributed by atoms with Crippen LogP contribution in [0.3, 0.4) is 0 Å². The molecular weight excluding hydrogens is 276 g/mol. The normalized spacial score (nSPS) is 16.6. The van der Waals surface area contributed by atoms with Crippen LogP contribution in [0.1, 0.15) is 34.6 Å². The summed E-state index contributed by atoms with van der Waals surface area (Å²) >= 11 is 0. The third-order valence-electron chi connectivity index (χ3n) is 2.40. The highest BCUT2D eigenvalue weighted by Crippen LogP contribution is 2.00. The molecule has 0 aromatic carbocycles. The predicted octanol–water partition coefficient (Wildman–Crippen LogP) is 1.23. The van der Waals surface area contributed by atoms with Crippen molar-refractivity contribution in [1.82, 2.24) is 0 Å². The molecule has 0 amide bonds. The van der Waals surface area contributed by atoms with Gasteiger partial charge in [-0.05, 0) is 34.6 Å². The fourth-order valence-electron chi connectivity index (χ4n) is 1.05. The molecule has 0 aromatic rings. The van der Waals surface area contributed by atoms with Crippen molar-refractivity contribution in [2.45, 2.75) is 59.0 Å². The largest absolute Gasteiger partial charge is 0.394 e. The van der Waals surface area contributed by atoms with Crippen LogP contribution in [0, 0.1) is 0 Å². The van der Waals surface area contributed by atoms with Gasteiger partial charge in [0.1, 0.15) is 0 Å². The number of aliphatic hydroxyl groups excluding tert-OH is 2. The second-order valence-corrected chi connectivity index (χ2v) is 5.04. The molecule has 0 saturated heterocycles. The summed E-state index contributed by atoms with van der Waals surface area (Å²) in [4.78, 5) is 0. The van der Waals surface area contributed by atoms with Crippen LogP contribution in [0.5, 0.6) is 0 Å². The van der Waals surface area contributed by atoms with Crippen molar-refractivity contribution in [3.63, 3.8) is 0 Å². The Morgan fingerprint density at radius 2 is 1.19 bits per heavy atom. The van der Waals surface area contributed by atoms with Crippen molar-refractivity contribution in [1.29, 1.82) is 0 Å². The van der Waals surface area contributed by atoms with E-state index in [1.165, 1.54) is 0 Å². The van der Waals surface area contributed by atoms with E-state index in [4.69, 9.17) is 24.4 Å². The summed E-state index contributed by atoms with van der Waals surface area (Å²) in [5.41, 5.74) is 0. The first-order chi connectivity index (χ1) is 9.87. The Bertz CT molecular complexity index is 199. The molecule has 21 heavy (non-hydrogen) atoms. The quantitative estimate of drug-likeness (QED) is 0.598. The second-order valence-electron chi connectivity index (χ2n) is 5.04. The third-order valence-corrected chi connectivity index (χ3v) is 2.40. The minimum atomic E-state index is -0.455. The van der Waals surface area contributed by atoms with Crippen LogP contribution in [0.2, 0.25) is 0 Å². The van der Waals surface area contributed by atoms with E-state index in [2.05, 4.69) is 4.74 Å². The number of hydrogen-bond donors (Lipinski definition) is 2. The highest BCUT2D eigenvalue weighted by molar-refractivity contribution is 4.55. The number of methoxy groups -OCH3 is 1. The minimum Gasteiger partial charge on any atom is -0.394 e. The predicted molar refractivity (Wildman–Crippen MR) is 82.6 cm³/mol. The molecule has 4 atom stereocenters. The average molecular weight is 310 g/mol. The van der Waals surface area contributed by atoms with Crippen molar-refractivity contribution in [2.24, 2.45) is 0 Å².